The van der Waals surface area contributed by atoms with Gasteiger partial charge in [0, 0.05) is 11.3 Å². The fourth-order valence-corrected chi connectivity index (χ4v) is 2.60. The largest absolute Gasteiger partial charge is 0.278 e. The molecule has 3 aromatic rings. The second kappa shape index (κ2) is 4.65. The molecule has 1 N–H and O–H groups in total. The summed E-state index contributed by atoms with van der Waals surface area (Å²) in [5.74, 6) is 0.426. The van der Waals surface area contributed by atoms with Gasteiger partial charge in [-0.15, -0.1) is 0 Å². The molecule has 1 aromatic heterocycles. The van der Waals surface area contributed by atoms with E-state index in [-0.39, 0.29) is 0 Å². The molecule has 0 radical (unpaired) electrons. The number of H-pyrrole nitrogens is 1. The van der Waals surface area contributed by atoms with Gasteiger partial charge in [0.1, 0.15) is 0 Å². The van der Waals surface area contributed by atoms with Gasteiger partial charge in [0.15, 0.2) is 0 Å². The van der Waals surface area contributed by atoms with Crippen LogP contribution in [0.15, 0.2) is 54.7 Å². The van der Waals surface area contributed by atoms with Crippen LogP contribution in [0.4, 0.5) is 0 Å². The van der Waals surface area contributed by atoms with Gasteiger partial charge >= 0.3 is 0 Å². The van der Waals surface area contributed by atoms with E-state index in [0.717, 1.165) is 11.9 Å². The van der Waals surface area contributed by atoms with E-state index in [2.05, 4.69) is 65.7 Å². The maximum absolute atomic E-state index is 4.15. The molecule has 1 unspecified atom stereocenters. The Balaban J connectivity index is 2.15. The molecule has 0 saturated carbocycles. The molecular formula is C16H16N2. The number of hydrogen-bond acceptors (Lipinski definition) is 1. The third kappa shape index (κ3) is 1.80. The average Bonchev–Trinajstić information content (AvgIpc) is 2.90. The highest BCUT2D eigenvalue weighted by atomic mass is 15.1. The summed E-state index contributed by atoms with van der Waals surface area (Å²) in [6.45, 7) is 2.23. The molecule has 2 aromatic carbocycles. The van der Waals surface area contributed by atoms with E-state index < -0.39 is 0 Å². The number of hydrogen-bond donors (Lipinski definition) is 1. The van der Waals surface area contributed by atoms with Crippen LogP contribution in [0.5, 0.6) is 0 Å². The lowest BCUT2D eigenvalue weighted by atomic mass is 9.88. The molecule has 0 aliphatic carbocycles. The van der Waals surface area contributed by atoms with Gasteiger partial charge in [0.2, 0.25) is 0 Å². The first-order chi connectivity index (χ1) is 8.90. The van der Waals surface area contributed by atoms with Crippen LogP contribution in [0, 0.1) is 0 Å². The molecule has 2 heteroatoms. The molecule has 0 aliphatic rings. The lowest BCUT2D eigenvalue weighted by molar-refractivity contribution is 0.781. The van der Waals surface area contributed by atoms with Gasteiger partial charge in [-0.1, -0.05) is 55.5 Å². The molecule has 0 aliphatic heterocycles. The molecule has 2 nitrogen and oxygen atoms in total. The Hall–Kier alpha value is -2.09. The third-order valence-electron chi connectivity index (χ3n) is 3.49. The minimum absolute atomic E-state index is 0.426. The van der Waals surface area contributed by atoms with E-state index in [1.807, 2.05) is 6.20 Å². The second-order valence-electron chi connectivity index (χ2n) is 4.55. The van der Waals surface area contributed by atoms with Gasteiger partial charge < -0.3 is 0 Å². The smallest absolute Gasteiger partial charge is 0.0688 e. The number of para-hydroxylation sites is 1. The van der Waals surface area contributed by atoms with Crippen molar-refractivity contribution in [3.63, 3.8) is 0 Å². The van der Waals surface area contributed by atoms with Gasteiger partial charge in [-0.2, -0.15) is 5.10 Å². The van der Waals surface area contributed by atoms with E-state index in [0.29, 0.717) is 5.92 Å². The molecule has 0 amide bonds. The molecule has 0 saturated heterocycles. The molecule has 0 spiro atoms. The predicted octanol–water partition coefficient (Wildman–Crippen LogP) is 4.10. The molecule has 90 valence electrons. The van der Waals surface area contributed by atoms with Crippen LogP contribution in [0.3, 0.4) is 0 Å². The molecule has 0 fully saturated rings. The van der Waals surface area contributed by atoms with E-state index in [4.69, 9.17) is 0 Å². The van der Waals surface area contributed by atoms with Crippen molar-refractivity contribution in [3.05, 3.63) is 65.9 Å². The molecule has 1 atom stereocenters. The van der Waals surface area contributed by atoms with Gasteiger partial charge in [0.25, 0.3) is 0 Å². The summed E-state index contributed by atoms with van der Waals surface area (Å²) in [6.07, 6.45) is 2.97. The van der Waals surface area contributed by atoms with Crippen LogP contribution >= 0.6 is 0 Å². The maximum atomic E-state index is 4.15. The Morgan fingerprint density at radius 1 is 1.06 bits per heavy atom. The lowest BCUT2D eigenvalue weighted by Crippen LogP contribution is -2.00. The van der Waals surface area contributed by atoms with Crippen LogP contribution in [-0.4, -0.2) is 10.2 Å². The van der Waals surface area contributed by atoms with Gasteiger partial charge in [-0.05, 0) is 17.5 Å². The monoisotopic (exact) mass is 236 g/mol. The van der Waals surface area contributed by atoms with Crippen molar-refractivity contribution in [2.75, 3.05) is 0 Å². The third-order valence-corrected chi connectivity index (χ3v) is 3.49. The highest BCUT2D eigenvalue weighted by Gasteiger charge is 2.15. The Morgan fingerprint density at radius 3 is 2.67 bits per heavy atom. The van der Waals surface area contributed by atoms with E-state index in [1.54, 1.807) is 0 Å². The quantitative estimate of drug-likeness (QED) is 0.728. The van der Waals surface area contributed by atoms with Crippen LogP contribution in [0.1, 0.15) is 30.4 Å². The topological polar surface area (TPSA) is 28.7 Å². The zero-order valence-electron chi connectivity index (χ0n) is 10.4. The number of aromatic nitrogens is 2. The SMILES string of the molecule is CCC(c1ccccc1)c1cccc2cn[nH]c12. The van der Waals surface area contributed by atoms with E-state index in [1.165, 1.54) is 16.5 Å². The number of rotatable bonds is 3. The minimum Gasteiger partial charge on any atom is -0.278 e. The zero-order valence-corrected chi connectivity index (χ0v) is 10.4. The van der Waals surface area contributed by atoms with Crippen LogP contribution < -0.4 is 0 Å². The number of fused-ring (bicyclic) bond motifs is 1. The first-order valence-electron chi connectivity index (χ1n) is 6.37. The van der Waals surface area contributed by atoms with E-state index >= 15 is 0 Å². The van der Waals surface area contributed by atoms with Crippen molar-refractivity contribution in [2.24, 2.45) is 0 Å². The first-order valence-corrected chi connectivity index (χ1v) is 6.37. The van der Waals surface area contributed by atoms with Crippen molar-refractivity contribution < 1.29 is 0 Å². The average molecular weight is 236 g/mol. The van der Waals surface area contributed by atoms with Crippen molar-refractivity contribution in [3.8, 4) is 0 Å². The van der Waals surface area contributed by atoms with Crippen LogP contribution in [0.25, 0.3) is 10.9 Å². The lowest BCUT2D eigenvalue weighted by Gasteiger charge is -2.16. The summed E-state index contributed by atoms with van der Waals surface area (Å²) in [7, 11) is 0. The first kappa shape index (κ1) is 11.0. The number of benzene rings is 2. The summed E-state index contributed by atoms with van der Waals surface area (Å²) < 4.78 is 0. The maximum Gasteiger partial charge on any atom is 0.0688 e. The summed E-state index contributed by atoms with van der Waals surface area (Å²) in [5.41, 5.74) is 3.86. The minimum atomic E-state index is 0.426. The fraction of sp³-hybridized carbons (Fsp3) is 0.188. The van der Waals surface area contributed by atoms with Gasteiger partial charge in [-0.25, -0.2) is 0 Å². The Labute approximate surface area is 107 Å². The Bertz CT molecular complexity index is 640. The molecule has 1 heterocycles. The van der Waals surface area contributed by atoms with Crippen LogP contribution in [-0.2, 0) is 0 Å². The number of nitrogens with one attached hydrogen (secondary N) is 1. The highest BCUT2D eigenvalue weighted by molar-refractivity contribution is 5.82. The van der Waals surface area contributed by atoms with Crippen molar-refractivity contribution in [2.45, 2.75) is 19.3 Å². The molecule has 0 bridgehead atoms. The Kier molecular flexibility index (Phi) is 2.85. The van der Waals surface area contributed by atoms with E-state index in [9.17, 15) is 0 Å². The normalized spacial score (nSPS) is 12.7. The zero-order chi connectivity index (χ0) is 12.4. The number of nitrogens with zero attached hydrogens (tertiary/aromatic N) is 1. The van der Waals surface area contributed by atoms with Crippen molar-refractivity contribution in [1.82, 2.24) is 10.2 Å². The summed E-state index contributed by atoms with van der Waals surface area (Å²) >= 11 is 0. The van der Waals surface area contributed by atoms with Gasteiger partial charge in [0.05, 0.1) is 11.7 Å². The molecule has 18 heavy (non-hydrogen) atoms. The highest BCUT2D eigenvalue weighted by Crippen LogP contribution is 2.31. The fourth-order valence-electron chi connectivity index (χ4n) is 2.60. The van der Waals surface area contributed by atoms with Crippen molar-refractivity contribution in [1.29, 1.82) is 0 Å². The number of aromatic amines is 1. The summed E-state index contributed by atoms with van der Waals surface area (Å²) in [6, 6.07) is 17.1. The standard InChI is InChI=1S/C16H16N2/c1-2-14(12-7-4-3-5-8-12)15-10-6-9-13-11-17-18-16(13)15/h3-11,14H,2H2,1H3,(H,17,18). The van der Waals surface area contributed by atoms with Crippen molar-refractivity contribution >= 4 is 10.9 Å². The molecular weight excluding hydrogens is 220 g/mol. The molecule has 3 rings (SSSR count). The van der Waals surface area contributed by atoms with Crippen LogP contribution in [0.2, 0.25) is 0 Å². The van der Waals surface area contributed by atoms with Gasteiger partial charge in [-0.3, -0.25) is 5.10 Å². The second-order valence-corrected chi connectivity index (χ2v) is 4.55. The summed E-state index contributed by atoms with van der Waals surface area (Å²) in [5, 5.41) is 8.45. The predicted molar refractivity (Wildman–Crippen MR) is 74.7 cm³/mol. The summed E-state index contributed by atoms with van der Waals surface area (Å²) in [4.78, 5) is 0. The Morgan fingerprint density at radius 2 is 1.89 bits per heavy atom.